The summed E-state index contributed by atoms with van der Waals surface area (Å²) in [7, 11) is 0. The van der Waals surface area contributed by atoms with Crippen LogP contribution in [0.4, 0.5) is 33.3 Å². The average molecular weight is 474 g/mol. The van der Waals surface area contributed by atoms with Crippen LogP contribution >= 0.6 is 11.8 Å². The molecule has 0 unspecified atom stereocenters. The Kier molecular flexibility index (Phi) is 5.46. The molecule has 11 heteroatoms. The number of alkyl halides is 5. The van der Waals surface area contributed by atoms with Crippen LogP contribution in [0.5, 0.6) is 0 Å². The van der Waals surface area contributed by atoms with E-state index in [0.29, 0.717) is 24.5 Å². The Balaban J connectivity index is 1.44. The van der Waals surface area contributed by atoms with Gasteiger partial charge in [0.2, 0.25) is 5.91 Å². The van der Waals surface area contributed by atoms with Gasteiger partial charge in [-0.25, -0.2) is 8.78 Å². The van der Waals surface area contributed by atoms with Crippen LogP contribution in [0.15, 0.2) is 18.2 Å². The van der Waals surface area contributed by atoms with Gasteiger partial charge in [0.25, 0.3) is 5.92 Å². The number of aryl methyl sites for hydroxylation is 2. The maximum absolute atomic E-state index is 13.3. The number of halogens is 5. The summed E-state index contributed by atoms with van der Waals surface area (Å²) in [5.41, 5.74) is 2.62. The Morgan fingerprint density at radius 1 is 1.19 bits per heavy atom. The van der Waals surface area contributed by atoms with E-state index in [9.17, 15) is 26.7 Å². The molecular weight excluding hydrogens is 451 g/mol. The van der Waals surface area contributed by atoms with Gasteiger partial charge in [-0.05, 0) is 50.1 Å². The Hall–Kier alpha value is -2.30. The molecule has 4 rings (SSSR count). The van der Waals surface area contributed by atoms with E-state index in [1.165, 1.54) is 11.6 Å². The van der Waals surface area contributed by atoms with Crippen molar-refractivity contribution in [2.75, 3.05) is 22.5 Å². The molecule has 2 heterocycles. The molecule has 0 spiro atoms. The summed E-state index contributed by atoms with van der Waals surface area (Å²) in [6.07, 6.45) is -4.70. The standard InChI is InChI=1S/C21H23F5N4OS/c1-12-6-14(29-4-5-30-15(9-29)8-16(28-30)21(24,25)26)7-13(2)18(12)27-17(31)10-32-19(3)11-20(19,22)23/h6-8H,4-5,9-11H2,1-3H3,(H,27,31)/t19-/m0/s1. The highest BCUT2D eigenvalue weighted by atomic mass is 32.2. The van der Waals surface area contributed by atoms with Gasteiger partial charge in [-0.2, -0.15) is 18.3 Å². The van der Waals surface area contributed by atoms with E-state index in [-0.39, 0.29) is 24.6 Å². The van der Waals surface area contributed by atoms with E-state index < -0.39 is 22.5 Å². The Labute approximate surface area is 186 Å². The van der Waals surface area contributed by atoms with Crippen molar-refractivity contribution in [1.29, 1.82) is 0 Å². The smallest absolute Gasteiger partial charge is 0.364 e. The molecule has 0 saturated heterocycles. The van der Waals surface area contributed by atoms with Gasteiger partial charge in [0, 0.05) is 24.3 Å². The lowest BCUT2D eigenvalue weighted by atomic mass is 10.1. The second kappa shape index (κ2) is 7.64. The first kappa shape index (κ1) is 22.9. The van der Waals surface area contributed by atoms with Crippen molar-refractivity contribution in [3.8, 4) is 0 Å². The molecule has 1 aromatic heterocycles. The van der Waals surface area contributed by atoms with Gasteiger partial charge in [-0.1, -0.05) is 0 Å². The van der Waals surface area contributed by atoms with Crippen molar-refractivity contribution < 1.29 is 26.7 Å². The van der Waals surface area contributed by atoms with E-state index in [4.69, 9.17) is 0 Å². The van der Waals surface area contributed by atoms with Crippen LogP contribution in [0.1, 0.15) is 35.9 Å². The molecule has 1 fully saturated rings. The highest BCUT2D eigenvalue weighted by molar-refractivity contribution is 8.01. The highest BCUT2D eigenvalue weighted by Crippen LogP contribution is 2.61. The fraction of sp³-hybridized carbons (Fsp3) is 0.524. The Morgan fingerprint density at radius 2 is 1.81 bits per heavy atom. The Morgan fingerprint density at radius 3 is 2.38 bits per heavy atom. The van der Waals surface area contributed by atoms with Crippen LogP contribution in [0, 0.1) is 13.8 Å². The van der Waals surface area contributed by atoms with E-state index in [1.807, 2.05) is 30.9 Å². The van der Waals surface area contributed by atoms with Crippen molar-refractivity contribution in [2.45, 2.75) is 57.1 Å². The van der Waals surface area contributed by atoms with Gasteiger partial charge in [0.1, 0.15) is 0 Å². The average Bonchev–Trinajstić information content (AvgIpc) is 3.02. The summed E-state index contributed by atoms with van der Waals surface area (Å²) in [6, 6.07) is 4.80. The summed E-state index contributed by atoms with van der Waals surface area (Å²) in [5.74, 6) is -3.14. The van der Waals surface area contributed by atoms with Crippen LogP contribution < -0.4 is 10.2 Å². The molecule has 1 N–H and O–H groups in total. The molecule has 1 amide bonds. The second-order valence-corrected chi connectivity index (χ2v) is 10.0. The van der Waals surface area contributed by atoms with Gasteiger partial charge in [-0.15, -0.1) is 11.8 Å². The van der Waals surface area contributed by atoms with Gasteiger partial charge in [0.05, 0.1) is 29.3 Å². The van der Waals surface area contributed by atoms with Crippen molar-refractivity contribution in [3.05, 3.63) is 40.7 Å². The largest absolute Gasteiger partial charge is 0.435 e. The summed E-state index contributed by atoms with van der Waals surface area (Å²) in [6.45, 7) is 6.23. The molecule has 0 bridgehead atoms. The third-order valence-corrected chi connectivity index (χ3v) is 7.45. The van der Waals surface area contributed by atoms with Crippen LogP contribution in [0.2, 0.25) is 0 Å². The van der Waals surface area contributed by atoms with Crippen LogP contribution in [0.25, 0.3) is 0 Å². The topological polar surface area (TPSA) is 50.2 Å². The number of nitrogens with zero attached hydrogens (tertiary/aromatic N) is 3. The molecule has 32 heavy (non-hydrogen) atoms. The number of carbonyl (C=O) groups is 1. The number of rotatable bonds is 5. The van der Waals surface area contributed by atoms with Gasteiger partial charge >= 0.3 is 6.18 Å². The van der Waals surface area contributed by atoms with Crippen LogP contribution in [0.3, 0.4) is 0 Å². The van der Waals surface area contributed by atoms with Crippen LogP contribution in [-0.2, 0) is 24.1 Å². The minimum absolute atomic E-state index is 0.0651. The molecule has 0 radical (unpaired) electrons. The van der Waals surface area contributed by atoms with Crippen molar-refractivity contribution in [1.82, 2.24) is 9.78 Å². The van der Waals surface area contributed by atoms with E-state index in [0.717, 1.165) is 34.6 Å². The molecule has 1 aliphatic heterocycles. The molecule has 1 aromatic carbocycles. The lowest BCUT2D eigenvalue weighted by Crippen LogP contribution is -2.34. The van der Waals surface area contributed by atoms with Crippen molar-refractivity contribution in [3.63, 3.8) is 0 Å². The predicted octanol–water partition coefficient (Wildman–Crippen LogP) is 5.01. The number of anilines is 2. The molecule has 2 aromatic rings. The SMILES string of the molecule is Cc1cc(N2CCn3nc(C(F)(F)F)cc3C2)cc(C)c1NC(=O)CS[C@@]1(C)CC1(F)F. The fourth-order valence-corrected chi connectivity index (χ4v) is 4.90. The van der Waals surface area contributed by atoms with Gasteiger partial charge in [-0.3, -0.25) is 9.48 Å². The first-order valence-electron chi connectivity index (χ1n) is 10.1. The Bertz CT molecular complexity index is 1040. The summed E-state index contributed by atoms with van der Waals surface area (Å²) >= 11 is 0.955. The predicted molar refractivity (Wildman–Crippen MR) is 113 cm³/mol. The molecule has 2 aliphatic rings. The first-order valence-corrected chi connectivity index (χ1v) is 11.1. The minimum Gasteiger partial charge on any atom is -0.364 e. The molecule has 5 nitrogen and oxygen atoms in total. The lowest BCUT2D eigenvalue weighted by Gasteiger charge is -2.30. The number of amides is 1. The summed E-state index contributed by atoms with van der Waals surface area (Å²) in [5, 5.41) is 6.46. The minimum atomic E-state index is -4.48. The highest BCUT2D eigenvalue weighted by Gasteiger charge is 2.68. The van der Waals surface area contributed by atoms with E-state index >= 15 is 0 Å². The molecule has 1 aliphatic carbocycles. The number of hydrogen-bond acceptors (Lipinski definition) is 4. The fourth-order valence-electron chi connectivity index (χ4n) is 3.88. The van der Waals surface area contributed by atoms with E-state index in [1.54, 1.807) is 0 Å². The molecule has 1 atom stereocenters. The molecule has 1 saturated carbocycles. The lowest BCUT2D eigenvalue weighted by molar-refractivity contribution is -0.141. The number of hydrogen-bond donors (Lipinski definition) is 1. The number of benzene rings is 1. The third kappa shape index (κ3) is 4.31. The zero-order valence-corrected chi connectivity index (χ0v) is 18.6. The first-order chi connectivity index (χ1) is 14.8. The molecular formula is C21H23F5N4OS. The summed E-state index contributed by atoms with van der Waals surface area (Å²) in [4.78, 5) is 14.3. The molecule has 174 valence electrons. The van der Waals surface area contributed by atoms with Crippen molar-refractivity contribution >= 4 is 29.0 Å². The summed E-state index contributed by atoms with van der Waals surface area (Å²) < 4.78 is 65.7. The number of fused-ring (bicyclic) bond motifs is 1. The number of carbonyl (C=O) groups excluding carboxylic acids is 1. The van der Waals surface area contributed by atoms with Gasteiger partial charge in [0.15, 0.2) is 5.69 Å². The van der Waals surface area contributed by atoms with Crippen molar-refractivity contribution in [2.24, 2.45) is 0 Å². The monoisotopic (exact) mass is 474 g/mol. The number of nitrogens with one attached hydrogen (secondary N) is 1. The zero-order valence-electron chi connectivity index (χ0n) is 17.8. The zero-order chi connectivity index (χ0) is 23.5. The van der Waals surface area contributed by atoms with Gasteiger partial charge < -0.3 is 10.2 Å². The third-order valence-electron chi connectivity index (χ3n) is 5.97. The van der Waals surface area contributed by atoms with E-state index in [2.05, 4.69) is 10.4 Å². The van der Waals surface area contributed by atoms with Crippen LogP contribution in [-0.4, -0.2) is 38.7 Å². The second-order valence-electron chi connectivity index (χ2n) is 8.57. The number of thioether (sulfide) groups is 1. The normalized spacial score (nSPS) is 21.9. The quantitative estimate of drug-likeness (QED) is 0.620. The maximum atomic E-state index is 13.3. The number of aromatic nitrogens is 2. The maximum Gasteiger partial charge on any atom is 0.435 e.